The van der Waals surface area contributed by atoms with Crippen LogP contribution in [0, 0.1) is 6.92 Å². The number of nitrogens with two attached hydrogens (primary N) is 1. The van der Waals surface area contributed by atoms with Gasteiger partial charge in [0, 0.05) is 22.3 Å². The molecule has 68 valence electrons. The van der Waals surface area contributed by atoms with Crippen LogP contribution in [-0.2, 0) is 6.42 Å². The lowest BCUT2D eigenvalue weighted by atomic mass is 10.1. The molecule has 0 aliphatic heterocycles. The Balaban J connectivity index is 2.76. The molecule has 0 atom stereocenters. The summed E-state index contributed by atoms with van der Waals surface area (Å²) >= 11 is 0. The van der Waals surface area contributed by atoms with E-state index >= 15 is 0 Å². The van der Waals surface area contributed by atoms with Gasteiger partial charge in [-0.2, -0.15) is 0 Å². The van der Waals surface area contributed by atoms with Crippen LogP contribution >= 0.6 is 0 Å². The second-order valence-corrected chi connectivity index (χ2v) is 3.39. The standard InChI is InChI=1S/C11H14N2/c1-3-8-6-9-7(2)10(12)4-5-11(9)13-8/h4-6,13H,3,12H2,1-2H3. The predicted octanol–water partition coefficient (Wildman–Crippen LogP) is 2.62. The van der Waals surface area contributed by atoms with Crippen molar-refractivity contribution in [3.63, 3.8) is 0 Å². The second-order valence-electron chi connectivity index (χ2n) is 3.39. The number of aromatic nitrogens is 1. The molecule has 0 fully saturated rings. The number of benzene rings is 1. The molecule has 1 heterocycles. The van der Waals surface area contributed by atoms with Crippen LogP contribution in [0.15, 0.2) is 18.2 Å². The van der Waals surface area contributed by atoms with Gasteiger partial charge in [0.05, 0.1) is 0 Å². The predicted molar refractivity (Wildman–Crippen MR) is 56.8 cm³/mol. The van der Waals surface area contributed by atoms with E-state index in [2.05, 4.69) is 24.9 Å². The largest absolute Gasteiger partial charge is 0.398 e. The number of hydrogen-bond acceptors (Lipinski definition) is 1. The lowest BCUT2D eigenvalue weighted by Gasteiger charge is -1.99. The molecule has 2 nitrogen and oxygen atoms in total. The smallest absolute Gasteiger partial charge is 0.0460 e. The Hall–Kier alpha value is -1.44. The summed E-state index contributed by atoms with van der Waals surface area (Å²) in [6.45, 7) is 4.20. The summed E-state index contributed by atoms with van der Waals surface area (Å²) in [7, 11) is 0. The lowest BCUT2D eigenvalue weighted by molar-refractivity contribution is 1.07. The van der Waals surface area contributed by atoms with Crippen molar-refractivity contribution in [2.24, 2.45) is 0 Å². The molecule has 0 amide bonds. The van der Waals surface area contributed by atoms with Gasteiger partial charge < -0.3 is 10.7 Å². The van der Waals surface area contributed by atoms with Gasteiger partial charge in [-0.05, 0) is 37.1 Å². The zero-order valence-corrected chi connectivity index (χ0v) is 8.02. The molecule has 2 rings (SSSR count). The minimum atomic E-state index is 0.870. The maximum absolute atomic E-state index is 5.82. The van der Waals surface area contributed by atoms with Crippen molar-refractivity contribution < 1.29 is 0 Å². The fourth-order valence-corrected chi connectivity index (χ4v) is 1.61. The molecule has 0 aliphatic carbocycles. The van der Waals surface area contributed by atoms with Crippen LogP contribution in [0.5, 0.6) is 0 Å². The highest BCUT2D eigenvalue weighted by molar-refractivity contribution is 5.87. The van der Waals surface area contributed by atoms with Gasteiger partial charge >= 0.3 is 0 Å². The zero-order chi connectivity index (χ0) is 9.42. The highest BCUT2D eigenvalue weighted by Crippen LogP contribution is 2.24. The minimum Gasteiger partial charge on any atom is -0.398 e. The highest BCUT2D eigenvalue weighted by atomic mass is 14.7. The molecule has 0 bridgehead atoms. The van der Waals surface area contributed by atoms with E-state index in [-0.39, 0.29) is 0 Å². The normalized spacial score (nSPS) is 10.9. The molecule has 3 N–H and O–H groups in total. The fourth-order valence-electron chi connectivity index (χ4n) is 1.61. The average molecular weight is 174 g/mol. The summed E-state index contributed by atoms with van der Waals surface area (Å²) < 4.78 is 0. The molecule has 0 aliphatic rings. The first-order valence-electron chi connectivity index (χ1n) is 4.59. The Labute approximate surface area is 77.8 Å². The average Bonchev–Trinajstić information content (AvgIpc) is 2.55. The van der Waals surface area contributed by atoms with Gasteiger partial charge in [0.1, 0.15) is 0 Å². The summed E-state index contributed by atoms with van der Waals surface area (Å²) in [5.41, 5.74) is 10.3. The van der Waals surface area contributed by atoms with Crippen molar-refractivity contribution in [1.82, 2.24) is 4.98 Å². The molecule has 2 heteroatoms. The lowest BCUT2D eigenvalue weighted by Crippen LogP contribution is -1.88. The van der Waals surface area contributed by atoms with E-state index in [0.717, 1.165) is 12.1 Å². The third-order valence-corrected chi connectivity index (χ3v) is 2.55. The number of fused-ring (bicyclic) bond motifs is 1. The molecule has 1 aromatic heterocycles. The summed E-state index contributed by atoms with van der Waals surface area (Å²) in [6, 6.07) is 6.17. The van der Waals surface area contributed by atoms with Crippen LogP contribution in [0.2, 0.25) is 0 Å². The van der Waals surface area contributed by atoms with E-state index in [1.54, 1.807) is 0 Å². The second kappa shape index (κ2) is 2.80. The molecule has 0 radical (unpaired) electrons. The van der Waals surface area contributed by atoms with Crippen LogP contribution in [-0.4, -0.2) is 4.98 Å². The molecule has 0 unspecified atom stereocenters. The Kier molecular flexibility index (Phi) is 1.76. The van der Waals surface area contributed by atoms with Crippen molar-refractivity contribution >= 4 is 16.6 Å². The van der Waals surface area contributed by atoms with Crippen molar-refractivity contribution in [3.8, 4) is 0 Å². The molecular weight excluding hydrogens is 160 g/mol. The third kappa shape index (κ3) is 1.18. The number of aromatic amines is 1. The van der Waals surface area contributed by atoms with Gasteiger partial charge in [0.25, 0.3) is 0 Å². The number of anilines is 1. The quantitative estimate of drug-likeness (QED) is 0.641. The van der Waals surface area contributed by atoms with Gasteiger partial charge in [-0.15, -0.1) is 0 Å². The summed E-state index contributed by atoms with van der Waals surface area (Å²) in [6.07, 6.45) is 1.04. The topological polar surface area (TPSA) is 41.8 Å². The van der Waals surface area contributed by atoms with E-state index in [1.165, 1.54) is 22.2 Å². The van der Waals surface area contributed by atoms with Gasteiger partial charge in [0.15, 0.2) is 0 Å². The Morgan fingerprint density at radius 1 is 1.38 bits per heavy atom. The first kappa shape index (κ1) is 8.17. The summed E-state index contributed by atoms with van der Waals surface area (Å²) in [5, 5.41) is 1.25. The van der Waals surface area contributed by atoms with E-state index in [4.69, 9.17) is 5.73 Å². The highest BCUT2D eigenvalue weighted by Gasteiger charge is 2.03. The number of aryl methyl sites for hydroxylation is 2. The Morgan fingerprint density at radius 2 is 2.15 bits per heavy atom. The Bertz CT molecular complexity index is 441. The first-order valence-corrected chi connectivity index (χ1v) is 4.59. The molecule has 1 aromatic carbocycles. The summed E-state index contributed by atoms with van der Waals surface area (Å²) in [4.78, 5) is 3.36. The van der Waals surface area contributed by atoms with Crippen LogP contribution < -0.4 is 5.73 Å². The maximum Gasteiger partial charge on any atom is 0.0460 e. The van der Waals surface area contributed by atoms with E-state index in [1.807, 2.05) is 12.1 Å². The first-order chi connectivity index (χ1) is 6.22. The molecule has 0 saturated carbocycles. The monoisotopic (exact) mass is 174 g/mol. The van der Waals surface area contributed by atoms with E-state index in [9.17, 15) is 0 Å². The summed E-state index contributed by atoms with van der Waals surface area (Å²) in [5.74, 6) is 0. The number of nitrogens with one attached hydrogen (secondary N) is 1. The molecular formula is C11H14N2. The molecule has 0 saturated heterocycles. The van der Waals surface area contributed by atoms with Crippen molar-refractivity contribution in [3.05, 3.63) is 29.5 Å². The number of H-pyrrole nitrogens is 1. The third-order valence-electron chi connectivity index (χ3n) is 2.55. The number of hydrogen-bond donors (Lipinski definition) is 2. The zero-order valence-electron chi connectivity index (χ0n) is 8.02. The van der Waals surface area contributed by atoms with Crippen LogP contribution in [0.1, 0.15) is 18.2 Å². The van der Waals surface area contributed by atoms with E-state index in [0.29, 0.717) is 0 Å². The molecule has 13 heavy (non-hydrogen) atoms. The van der Waals surface area contributed by atoms with E-state index < -0.39 is 0 Å². The molecule has 2 aromatic rings. The fraction of sp³-hybridized carbons (Fsp3) is 0.273. The van der Waals surface area contributed by atoms with Crippen molar-refractivity contribution in [1.29, 1.82) is 0 Å². The van der Waals surface area contributed by atoms with Gasteiger partial charge in [-0.25, -0.2) is 0 Å². The van der Waals surface area contributed by atoms with Gasteiger partial charge in [-0.1, -0.05) is 6.92 Å². The van der Waals surface area contributed by atoms with Gasteiger partial charge in [-0.3, -0.25) is 0 Å². The van der Waals surface area contributed by atoms with Crippen LogP contribution in [0.3, 0.4) is 0 Å². The SMILES string of the molecule is CCc1cc2c(C)c(N)ccc2[nH]1. The van der Waals surface area contributed by atoms with Crippen molar-refractivity contribution in [2.75, 3.05) is 5.73 Å². The Morgan fingerprint density at radius 3 is 2.85 bits per heavy atom. The number of nitrogen functional groups attached to an aromatic ring is 1. The maximum atomic E-state index is 5.82. The molecule has 0 spiro atoms. The minimum absolute atomic E-state index is 0.870. The number of rotatable bonds is 1. The van der Waals surface area contributed by atoms with Crippen LogP contribution in [0.25, 0.3) is 10.9 Å². The van der Waals surface area contributed by atoms with Crippen LogP contribution in [0.4, 0.5) is 5.69 Å². The van der Waals surface area contributed by atoms with Gasteiger partial charge in [0.2, 0.25) is 0 Å². The van der Waals surface area contributed by atoms with Crippen molar-refractivity contribution in [2.45, 2.75) is 20.3 Å².